The summed E-state index contributed by atoms with van der Waals surface area (Å²) in [4.78, 5) is 13.9. The van der Waals surface area contributed by atoms with Crippen molar-refractivity contribution in [3.8, 4) is 5.75 Å². The van der Waals surface area contributed by atoms with E-state index in [1.165, 1.54) is 0 Å². The summed E-state index contributed by atoms with van der Waals surface area (Å²) in [5.74, 6) is 1.30. The van der Waals surface area contributed by atoms with E-state index >= 15 is 0 Å². The van der Waals surface area contributed by atoms with Gasteiger partial charge in [-0.1, -0.05) is 18.2 Å². The number of likely N-dealkylation sites (N-methyl/N-ethyl adjacent to an activating group) is 1. The number of para-hydroxylation sites is 1. The fourth-order valence-corrected chi connectivity index (χ4v) is 2.27. The molecule has 1 aromatic carbocycles. The van der Waals surface area contributed by atoms with Crippen molar-refractivity contribution in [3.05, 3.63) is 47.7 Å². The van der Waals surface area contributed by atoms with Gasteiger partial charge in [0.1, 0.15) is 11.6 Å². The lowest BCUT2D eigenvalue weighted by molar-refractivity contribution is 0.0945. The number of aromatic nitrogens is 2. The van der Waals surface area contributed by atoms with Gasteiger partial charge in [0.05, 0.1) is 7.11 Å². The van der Waals surface area contributed by atoms with Crippen LogP contribution in [0.2, 0.25) is 0 Å². The van der Waals surface area contributed by atoms with E-state index in [1.807, 2.05) is 43.3 Å². The van der Waals surface area contributed by atoms with Gasteiger partial charge < -0.3 is 20.3 Å². The first-order chi connectivity index (χ1) is 12.1. The summed E-state index contributed by atoms with van der Waals surface area (Å²) in [6.07, 6.45) is 0.804. The van der Waals surface area contributed by atoms with Crippen molar-refractivity contribution in [2.75, 3.05) is 46.2 Å². The van der Waals surface area contributed by atoms with Crippen LogP contribution in [-0.4, -0.2) is 61.8 Å². The lowest BCUT2D eigenvalue weighted by Crippen LogP contribution is -2.31. The maximum absolute atomic E-state index is 11.9. The van der Waals surface area contributed by atoms with Crippen molar-refractivity contribution < 1.29 is 9.53 Å². The molecular formula is C18H25N5O2. The summed E-state index contributed by atoms with van der Waals surface area (Å²) in [6.45, 7) is 2.05. The quantitative estimate of drug-likeness (QED) is 0.717. The normalized spacial score (nSPS) is 10.6. The van der Waals surface area contributed by atoms with Crippen LogP contribution in [0, 0.1) is 0 Å². The molecule has 0 unspecified atom stereocenters. The summed E-state index contributed by atoms with van der Waals surface area (Å²) in [5, 5.41) is 14.0. The van der Waals surface area contributed by atoms with Gasteiger partial charge in [-0.05, 0) is 44.3 Å². The monoisotopic (exact) mass is 343 g/mol. The highest BCUT2D eigenvalue weighted by Crippen LogP contribution is 2.17. The second kappa shape index (κ2) is 9.58. The molecule has 2 N–H and O–H groups in total. The molecule has 0 aliphatic carbocycles. The van der Waals surface area contributed by atoms with Gasteiger partial charge in [-0.2, -0.15) is 0 Å². The minimum Gasteiger partial charge on any atom is -0.496 e. The van der Waals surface area contributed by atoms with E-state index in [9.17, 15) is 4.79 Å². The average Bonchev–Trinajstić information content (AvgIpc) is 2.62. The number of amides is 1. The molecule has 0 bridgehead atoms. The van der Waals surface area contributed by atoms with Crippen molar-refractivity contribution in [1.82, 2.24) is 20.4 Å². The fraction of sp³-hybridized carbons (Fsp3) is 0.389. The molecule has 0 saturated heterocycles. The highest BCUT2D eigenvalue weighted by Gasteiger charge is 2.08. The van der Waals surface area contributed by atoms with Gasteiger partial charge in [0.15, 0.2) is 5.69 Å². The predicted molar refractivity (Wildman–Crippen MR) is 98.1 cm³/mol. The third-order valence-corrected chi connectivity index (χ3v) is 3.63. The third kappa shape index (κ3) is 6.04. The first-order valence-electron chi connectivity index (χ1n) is 8.22. The van der Waals surface area contributed by atoms with Crippen LogP contribution >= 0.6 is 0 Å². The summed E-state index contributed by atoms with van der Waals surface area (Å²) >= 11 is 0. The first-order valence-corrected chi connectivity index (χ1v) is 8.22. The number of hydrogen-bond donors (Lipinski definition) is 2. The van der Waals surface area contributed by atoms with E-state index in [0.29, 0.717) is 24.6 Å². The highest BCUT2D eigenvalue weighted by atomic mass is 16.5. The molecule has 1 heterocycles. The second-order valence-electron chi connectivity index (χ2n) is 5.85. The van der Waals surface area contributed by atoms with Crippen LogP contribution in [0.15, 0.2) is 36.4 Å². The molecule has 134 valence electrons. The SMILES string of the molecule is COc1ccccc1CCNc1ccc(C(=O)NCCN(C)C)nn1. The largest absolute Gasteiger partial charge is 0.496 e. The number of carbonyl (C=O) groups is 1. The van der Waals surface area contributed by atoms with E-state index < -0.39 is 0 Å². The zero-order valence-electron chi connectivity index (χ0n) is 15.0. The van der Waals surface area contributed by atoms with E-state index in [2.05, 4.69) is 20.8 Å². The Hall–Kier alpha value is -2.67. The summed E-state index contributed by atoms with van der Waals surface area (Å²) in [5.41, 5.74) is 1.44. The van der Waals surface area contributed by atoms with Gasteiger partial charge >= 0.3 is 0 Å². The van der Waals surface area contributed by atoms with Crippen LogP contribution in [0.25, 0.3) is 0 Å². The van der Waals surface area contributed by atoms with Crippen LogP contribution in [0.5, 0.6) is 5.75 Å². The highest BCUT2D eigenvalue weighted by molar-refractivity contribution is 5.92. The summed E-state index contributed by atoms with van der Waals surface area (Å²) in [7, 11) is 5.58. The Morgan fingerprint density at radius 1 is 1.12 bits per heavy atom. The smallest absolute Gasteiger partial charge is 0.271 e. The molecule has 7 heteroatoms. The zero-order valence-corrected chi connectivity index (χ0v) is 15.0. The Balaban J connectivity index is 1.81. The number of carbonyl (C=O) groups excluding carboxylic acids is 1. The molecule has 0 atom stereocenters. The van der Waals surface area contributed by atoms with E-state index in [4.69, 9.17) is 4.74 Å². The maximum atomic E-state index is 11.9. The van der Waals surface area contributed by atoms with Gasteiger partial charge in [-0.3, -0.25) is 4.79 Å². The first kappa shape index (κ1) is 18.7. The number of anilines is 1. The van der Waals surface area contributed by atoms with Crippen molar-refractivity contribution in [2.24, 2.45) is 0 Å². The van der Waals surface area contributed by atoms with Crippen LogP contribution in [0.3, 0.4) is 0 Å². The lowest BCUT2D eigenvalue weighted by Gasteiger charge is -2.10. The number of methoxy groups -OCH3 is 1. The molecule has 0 aliphatic rings. The molecule has 1 amide bonds. The minimum absolute atomic E-state index is 0.213. The van der Waals surface area contributed by atoms with Crippen molar-refractivity contribution in [2.45, 2.75) is 6.42 Å². The van der Waals surface area contributed by atoms with Crippen molar-refractivity contribution in [1.29, 1.82) is 0 Å². The number of nitrogens with zero attached hydrogens (tertiary/aromatic N) is 3. The van der Waals surface area contributed by atoms with Crippen molar-refractivity contribution >= 4 is 11.7 Å². The Morgan fingerprint density at radius 2 is 1.92 bits per heavy atom. The molecule has 0 spiro atoms. The molecule has 2 aromatic rings. The van der Waals surface area contributed by atoms with Gasteiger partial charge in [-0.15, -0.1) is 10.2 Å². The minimum atomic E-state index is -0.213. The van der Waals surface area contributed by atoms with Gasteiger partial charge in [-0.25, -0.2) is 0 Å². The molecule has 25 heavy (non-hydrogen) atoms. The van der Waals surface area contributed by atoms with E-state index in [0.717, 1.165) is 24.3 Å². The predicted octanol–water partition coefficient (Wildman–Crippen LogP) is 1.43. The number of nitrogens with one attached hydrogen (secondary N) is 2. The number of rotatable bonds is 9. The maximum Gasteiger partial charge on any atom is 0.271 e. The standard InChI is InChI=1S/C18H25N5O2/c1-23(2)13-12-20-18(24)15-8-9-17(22-21-15)19-11-10-14-6-4-5-7-16(14)25-3/h4-9H,10-13H2,1-3H3,(H,19,22)(H,20,24). The Bertz CT molecular complexity index is 673. The molecule has 0 aliphatic heterocycles. The number of benzene rings is 1. The second-order valence-corrected chi connectivity index (χ2v) is 5.85. The summed E-state index contributed by atoms with van der Waals surface area (Å²) < 4.78 is 5.33. The van der Waals surface area contributed by atoms with Crippen LogP contribution in [0.4, 0.5) is 5.82 Å². The number of ether oxygens (including phenoxy) is 1. The zero-order chi connectivity index (χ0) is 18.1. The Kier molecular flexibility index (Phi) is 7.16. The van der Waals surface area contributed by atoms with Crippen LogP contribution in [0.1, 0.15) is 16.1 Å². The van der Waals surface area contributed by atoms with E-state index in [-0.39, 0.29) is 5.91 Å². The van der Waals surface area contributed by atoms with Crippen molar-refractivity contribution in [3.63, 3.8) is 0 Å². The van der Waals surface area contributed by atoms with E-state index in [1.54, 1.807) is 19.2 Å². The topological polar surface area (TPSA) is 79.4 Å². The molecular weight excluding hydrogens is 318 g/mol. The molecule has 2 rings (SSSR count). The third-order valence-electron chi connectivity index (χ3n) is 3.63. The Morgan fingerprint density at radius 3 is 2.60 bits per heavy atom. The molecule has 0 radical (unpaired) electrons. The fourth-order valence-electron chi connectivity index (χ4n) is 2.27. The van der Waals surface area contributed by atoms with Gasteiger partial charge in [0.2, 0.25) is 0 Å². The molecule has 7 nitrogen and oxygen atoms in total. The summed E-state index contributed by atoms with van der Waals surface area (Å²) in [6, 6.07) is 11.3. The van der Waals surface area contributed by atoms with Crippen LogP contribution in [-0.2, 0) is 6.42 Å². The van der Waals surface area contributed by atoms with Gasteiger partial charge in [0, 0.05) is 19.6 Å². The Labute approximate surface area is 148 Å². The number of hydrogen-bond acceptors (Lipinski definition) is 6. The lowest BCUT2D eigenvalue weighted by atomic mass is 10.1. The average molecular weight is 343 g/mol. The van der Waals surface area contributed by atoms with Gasteiger partial charge in [0.25, 0.3) is 5.91 Å². The van der Waals surface area contributed by atoms with Crippen LogP contribution < -0.4 is 15.4 Å². The molecule has 0 fully saturated rings. The molecule has 0 saturated carbocycles. The molecule has 1 aromatic heterocycles.